The number of likely N-dealkylation sites (N-methyl/N-ethyl adjacent to an activating group) is 1. The third kappa shape index (κ3) is 4.18. The molecule has 4 heteroatoms. The first-order chi connectivity index (χ1) is 9.19. The minimum atomic E-state index is 0.860. The van der Waals surface area contributed by atoms with E-state index in [9.17, 15) is 0 Å². The molecule has 0 spiro atoms. The highest BCUT2D eigenvalue weighted by Crippen LogP contribution is 2.11. The second-order valence-corrected chi connectivity index (χ2v) is 5.67. The van der Waals surface area contributed by atoms with Crippen LogP contribution in [0.2, 0.25) is 0 Å². The molecular formula is C15H24N3S+. The Hall–Kier alpha value is -1.13. The number of thiocarbonyl (C=S) groups is 1. The van der Waals surface area contributed by atoms with E-state index in [0.717, 1.165) is 36.9 Å². The molecule has 1 atom stereocenters. The molecule has 1 aromatic rings. The van der Waals surface area contributed by atoms with Crippen molar-refractivity contribution in [1.29, 1.82) is 0 Å². The Bertz CT molecular complexity index is 416. The zero-order chi connectivity index (χ0) is 13.7. The number of quaternary nitrogens is 1. The van der Waals surface area contributed by atoms with Crippen LogP contribution in [0.5, 0.6) is 0 Å². The molecule has 1 saturated heterocycles. The van der Waals surface area contributed by atoms with Crippen LogP contribution in [0.15, 0.2) is 24.3 Å². The Morgan fingerprint density at radius 3 is 2.68 bits per heavy atom. The zero-order valence-electron chi connectivity index (χ0n) is 11.9. The van der Waals surface area contributed by atoms with Gasteiger partial charge >= 0.3 is 0 Å². The highest BCUT2D eigenvalue weighted by atomic mass is 32.1. The van der Waals surface area contributed by atoms with Gasteiger partial charge in [0, 0.05) is 18.7 Å². The molecule has 0 aromatic heterocycles. The summed E-state index contributed by atoms with van der Waals surface area (Å²) in [5.41, 5.74) is 2.45. The van der Waals surface area contributed by atoms with Crippen molar-refractivity contribution in [2.24, 2.45) is 0 Å². The van der Waals surface area contributed by atoms with Gasteiger partial charge in [0.25, 0.3) is 0 Å². The standard InChI is InChI=1S/C15H23N3S/c1-3-13-5-7-14(8-6-13)16-15(19)18-10-4-9-17(2)11-12-18/h5-8H,3-4,9-12H2,1-2H3,(H,16,19)/p+1. The summed E-state index contributed by atoms with van der Waals surface area (Å²) in [5.74, 6) is 0. The van der Waals surface area contributed by atoms with Gasteiger partial charge in [0.05, 0.1) is 26.7 Å². The highest BCUT2D eigenvalue weighted by Gasteiger charge is 2.16. The van der Waals surface area contributed by atoms with E-state index in [1.54, 1.807) is 4.90 Å². The van der Waals surface area contributed by atoms with Crippen LogP contribution in [-0.4, -0.2) is 43.2 Å². The van der Waals surface area contributed by atoms with Gasteiger partial charge in [-0.15, -0.1) is 0 Å². The van der Waals surface area contributed by atoms with Crippen LogP contribution in [-0.2, 0) is 6.42 Å². The fraction of sp³-hybridized carbons (Fsp3) is 0.533. The minimum Gasteiger partial charge on any atom is -0.343 e. The van der Waals surface area contributed by atoms with Gasteiger partial charge < -0.3 is 15.1 Å². The van der Waals surface area contributed by atoms with E-state index >= 15 is 0 Å². The molecule has 2 rings (SSSR count). The topological polar surface area (TPSA) is 19.7 Å². The van der Waals surface area contributed by atoms with Gasteiger partial charge in [0.15, 0.2) is 5.11 Å². The molecular weight excluding hydrogens is 254 g/mol. The highest BCUT2D eigenvalue weighted by molar-refractivity contribution is 7.80. The number of nitrogens with zero attached hydrogens (tertiary/aromatic N) is 1. The van der Waals surface area contributed by atoms with Crippen molar-refractivity contribution in [3.63, 3.8) is 0 Å². The molecule has 1 heterocycles. The second kappa shape index (κ2) is 6.87. The Kier molecular flexibility index (Phi) is 5.16. The molecule has 1 aromatic carbocycles. The van der Waals surface area contributed by atoms with Gasteiger partial charge in [-0.3, -0.25) is 0 Å². The quantitative estimate of drug-likeness (QED) is 0.792. The van der Waals surface area contributed by atoms with Crippen molar-refractivity contribution in [2.45, 2.75) is 19.8 Å². The molecule has 2 N–H and O–H groups in total. The van der Waals surface area contributed by atoms with Crippen molar-refractivity contribution in [2.75, 3.05) is 38.5 Å². The van der Waals surface area contributed by atoms with Crippen molar-refractivity contribution in [3.05, 3.63) is 29.8 Å². The van der Waals surface area contributed by atoms with Crippen LogP contribution >= 0.6 is 12.2 Å². The lowest BCUT2D eigenvalue weighted by atomic mass is 10.1. The Morgan fingerprint density at radius 2 is 2.00 bits per heavy atom. The number of aryl methyl sites for hydroxylation is 1. The molecule has 1 aliphatic heterocycles. The number of nitrogens with one attached hydrogen (secondary N) is 2. The van der Waals surface area contributed by atoms with Crippen LogP contribution in [0, 0.1) is 0 Å². The monoisotopic (exact) mass is 278 g/mol. The summed E-state index contributed by atoms with van der Waals surface area (Å²) in [6.45, 7) is 6.69. The van der Waals surface area contributed by atoms with E-state index in [2.05, 4.69) is 48.5 Å². The second-order valence-electron chi connectivity index (χ2n) is 5.28. The number of benzene rings is 1. The predicted molar refractivity (Wildman–Crippen MR) is 84.9 cm³/mol. The molecule has 0 saturated carbocycles. The molecule has 0 amide bonds. The van der Waals surface area contributed by atoms with E-state index in [0.29, 0.717) is 0 Å². The van der Waals surface area contributed by atoms with E-state index in [-0.39, 0.29) is 0 Å². The Labute approximate surface area is 121 Å². The fourth-order valence-corrected chi connectivity index (χ4v) is 2.66. The van der Waals surface area contributed by atoms with Crippen molar-refractivity contribution >= 4 is 23.0 Å². The molecule has 3 nitrogen and oxygen atoms in total. The molecule has 104 valence electrons. The maximum Gasteiger partial charge on any atom is 0.173 e. The number of hydrogen-bond donors (Lipinski definition) is 2. The van der Waals surface area contributed by atoms with Crippen LogP contribution < -0.4 is 10.2 Å². The minimum absolute atomic E-state index is 0.860. The first-order valence-corrected chi connectivity index (χ1v) is 7.56. The lowest BCUT2D eigenvalue weighted by Gasteiger charge is -2.23. The van der Waals surface area contributed by atoms with Gasteiger partial charge in [0.2, 0.25) is 0 Å². The van der Waals surface area contributed by atoms with Crippen molar-refractivity contribution in [3.8, 4) is 0 Å². The molecule has 0 bridgehead atoms. The molecule has 19 heavy (non-hydrogen) atoms. The third-order valence-electron chi connectivity index (χ3n) is 3.74. The summed E-state index contributed by atoms with van der Waals surface area (Å²) >= 11 is 5.52. The van der Waals surface area contributed by atoms with Crippen molar-refractivity contribution in [1.82, 2.24) is 4.90 Å². The number of anilines is 1. The van der Waals surface area contributed by atoms with Gasteiger partial charge in [0.1, 0.15) is 0 Å². The van der Waals surface area contributed by atoms with Crippen LogP contribution in [0.25, 0.3) is 0 Å². The average molecular weight is 278 g/mol. The zero-order valence-corrected chi connectivity index (χ0v) is 12.7. The largest absolute Gasteiger partial charge is 0.343 e. The molecule has 0 radical (unpaired) electrons. The first-order valence-electron chi connectivity index (χ1n) is 7.15. The lowest BCUT2D eigenvalue weighted by molar-refractivity contribution is -0.877. The maximum atomic E-state index is 5.52. The lowest BCUT2D eigenvalue weighted by Crippen LogP contribution is -3.09. The average Bonchev–Trinajstić information content (AvgIpc) is 2.64. The van der Waals surface area contributed by atoms with Gasteiger partial charge in [-0.05, 0) is 36.3 Å². The van der Waals surface area contributed by atoms with E-state index in [1.807, 2.05) is 0 Å². The Morgan fingerprint density at radius 1 is 1.26 bits per heavy atom. The van der Waals surface area contributed by atoms with E-state index < -0.39 is 0 Å². The summed E-state index contributed by atoms with van der Waals surface area (Å²) < 4.78 is 0. The van der Waals surface area contributed by atoms with Gasteiger partial charge in [-0.2, -0.15) is 0 Å². The molecule has 1 fully saturated rings. The summed E-state index contributed by atoms with van der Waals surface area (Å²) in [6, 6.07) is 8.54. The third-order valence-corrected chi connectivity index (χ3v) is 4.10. The predicted octanol–water partition coefficient (Wildman–Crippen LogP) is 1.17. The van der Waals surface area contributed by atoms with Crippen LogP contribution in [0.1, 0.15) is 18.9 Å². The van der Waals surface area contributed by atoms with Crippen LogP contribution in [0.4, 0.5) is 5.69 Å². The Balaban J connectivity index is 1.92. The SMILES string of the molecule is CCc1ccc(NC(=S)N2CCC[NH+](C)CC2)cc1. The molecule has 0 aliphatic carbocycles. The maximum absolute atomic E-state index is 5.52. The summed E-state index contributed by atoms with van der Waals surface area (Å²) in [6.07, 6.45) is 2.29. The molecule has 1 unspecified atom stereocenters. The van der Waals surface area contributed by atoms with Crippen LogP contribution in [0.3, 0.4) is 0 Å². The summed E-state index contributed by atoms with van der Waals surface area (Å²) in [5, 5.41) is 4.21. The smallest absolute Gasteiger partial charge is 0.173 e. The summed E-state index contributed by atoms with van der Waals surface area (Å²) in [4.78, 5) is 3.89. The van der Waals surface area contributed by atoms with E-state index in [1.165, 1.54) is 18.5 Å². The van der Waals surface area contributed by atoms with Crippen molar-refractivity contribution < 1.29 is 4.90 Å². The normalized spacial score (nSPS) is 19.9. The van der Waals surface area contributed by atoms with Gasteiger partial charge in [-0.25, -0.2) is 0 Å². The number of hydrogen-bond acceptors (Lipinski definition) is 1. The molecule has 1 aliphatic rings. The fourth-order valence-electron chi connectivity index (χ4n) is 2.36. The van der Waals surface area contributed by atoms with Gasteiger partial charge in [-0.1, -0.05) is 19.1 Å². The summed E-state index contributed by atoms with van der Waals surface area (Å²) in [7, 11) is 2.25. The first kappa shape index (κ1) is 14.3. The van der Waals surface area contributed by atoms with E-state index in [4.69, 9.17) is 12.2 Å². The number of rotatable bonds is 2.